The maximum Gasteiger partial charge on any atom is 0.255 e. The molecule has 3 N–H and O–H groups in total. The maximum absolute atomic E-state index is 12.6. The van der Waals surface area contributed by atoms with E-state index < -0.39 is 5.91 Å². The lowest BCUT2D eigenvalue weighted by Gasteiger charge is -2.19. The van der Waals surface area contributed by atoms with Crippen LogP contribution in [-0.4, -0.2) is 25.5 Å². The summed E-state index contributed by atoms with van der Waals surface area (Å²) < 4.78 is 10.6. The van der Waals surface area contributed by atoms with Gasteiger partial charge in [-0.15, -0.1) is 0 Å². The summed E-state index contributed by atoms with van der Waals surface area (Å²) in [6, 6.07) is 11.3. The fourth-order valence-corrected chi connectivity index (χ4v) is 3.09. The van der Waals surface area contributed by atoms with Crippen molar-refractivity contribution in [1.29, 1.82) is 0 Å². The number of benzene rings is 2. The molecule has 2 rings (SSSR count). The predicted molar refractivity (Wildman–Crippen MR) is 120 cm³/mol. The third kappa shape index (κ3) is 6.11. The minimum absolute atomic E-state index is 0.210. The van der Waals surface area contributed by atoms with Crippen LogP contribution in [-0.2, 0) is 9.59 Å². The van der Waals surface area contributed by atoms with Crippen LogP contribution in [0.5, 0.6) is 11.5 Å². The molecule has 0 aliphatic carbocycles. The number of methoxy groups -OCH3 is 1. The summed E-state index contributed by atoms with van der Waals surface area (Å²) in [6.07, 6.45) is 3.18. The zero-order valence-electron chi connectivity index (χ0n) is 18.2. The van der Waals surface area contributed by atoms with Crippen LogP contribution in [0.2, 0.25) is 0 Å². The number of anilines is 1. The number of hydrogen-bond acceptors (Lipinski definition) is 4. The standard InChI is InChI=1S/C24H30N2O4/c1-15(2)18-7-6-8-19(16(3)4)24(18)26-23(28)12-10-17-9-11-20(21(13-17)29-5)30-14-22(25)27/h6-13,15-16H,14H2,1-5H3,(H2,25,27)(H,26,28)/b12-10+. The molecule has 160 valence electrons. The van der Waals surface area contributed by atoms with E-state index in [1.165, 1.54) is 13.2 Å². The molecule has 0 radical (unpaired) electrons. The number of nitrogens with two attached hydrogens (primary N) is 1. The Morgan fingerprint density at radius 2 is 1.67 bits per heavy atom. The van der Waals surface area contributed by atoms with Crippen LogP contribution in [0.3, 0.4) is 0 Å². The van der Waals surface area contributed by atoms with Crippen LogP contribution < -0.4 is 20.5 Å². The van der Waals surface area contributed by atoms with Gasteiger partial charge in [0.25, 0.3) is 5.91 Å². The quantitative estimate of drug-likeness (QED) is 0.597. The van der Waals surface area contributed by atoms with Crippen LogP contribution in [0.25, 0.3) is 6.08 Å². The van der Waals surface area contributed by atoms with Gasteiger partial charge in [0.2, 0.25) is 5.91 Å². The first-order valence-corrected chi connectivity index (χ1v) is 9.94. The van der Waals surface area contributed by atoms with E-state index in [0.717, 1.165) is 22.4 Å². The number of rotatable bonds is 9. The van der Waals surface area contributed by atoms with Crippen LogP contribution >= 0.6 is 0 Å². The molecule has 0 aliphatic rings. The van der Waals surface area contributed by atoms with E-state index in [2.05, 4.69) is 33.0 Å². The van der Waals surface area contributed by atoms with Crippen LogP contribution in [0.1, 0.15) is 56.2 Å². The van der Waals surface area contributed by atoms with Crippen LogP contribution in [0.4, 0.5) is 5.69 Å². The highest BCUT2D eigenvalue weighted by atomic mass is 16.5. The van der Waals surface area contributed by atoms with Crippen molar-refractivity contribution in [2.24, 2.45) is 5.73 Å². The average Bonchev–Trinajstić information content (AvgIpc) is 2.70. The van der Waals surface area contributed by atoms with Crippen molar-refractivity contribution in [3.63, 3.8) is 0 Å². The fourth-order valence-electron chi connectivity index (χ4n) is 3.09. The van der Waals surface area contributed by atoms with E-state index in [0.29, 0.717) is 23.3 Å². The summed E-state index contributed by atoms with van der Waals surface area (Å²) in [5, 5.41) is 3.05. The topological polar surface area (TPSA) is 90.7 Å². The molecular formula is C24H30N2O4. The molecule has 0 aromatic heterocycles. The maximum atomic E-state index is 12.6. The van der Waals surface area contributed by atoms with Crippen LogP contribution in [0, 0.1) is 0 Å². The SMILES string of the molecule is COc1cc(/C=C/C(=O)Nc2c(C(C)C)cccc2C(C)C)ccc1OCC(N)=O. The first-order chi connectivity index (χ1) is 14.2. The highest BCUT2D eigenvalue weighted by Crippen LogP contribution is 2.32. The Kier molecular flexibility index (Phi) is 8.04. The molecule has 0 heterocycles. The molecule has 6 nitrogen and oxygen atoms in total. The molecule has 30 heavy (non-hydrogen) atoms. The molecule has 0 saturated carbocycles. The van der Waals surface area contributed by atoms with E-state index in [1.54, 1.807) is 24.3 Å². The van der Waals surface area contributed by atoms with Crippen molar-refractivity contribution in [3.8, 4) is 11.5 Å². The van der Waals surface area contributed by atoms with Gasteiger partial charge in [0.05, 0.1) is 7.11 Å². The molecule has 0 unspecified atom stereocenters. The normalized spacial score (nSPS) is 11.2. The fraction of sp³-hybridized carbons (Fsp3) is 0.333. The number of nitrogens with one attached hydrogen (secondary N) is 1. The Balaban J connectivity index is 2.20. The molecule has 0 bridgehead atoms. The van der Waals surface area contributed by atoms with Crippen molar-refractivity contribution in [2.75, 3.05) is 19.0 Å². The Hall–Kier alpha value is -3.28. The third-order valence-corrected chi connectivity index (χ3v) is 4.61. The number of carbonyl (C=O) groups is 2. The van der Waals surface area contributed by atoms with E-state index in [4.69, 9.17) is 15.2 Å². The zero-order chi connectivity index (χ0) is 22.3. The van der Waals surface area contributed by atoms with Gasteiger partial charge < -0.3 is 20.5 Å². The highest BCUT2D eigenvalue weighted by molar-refractivity contribution is 6.03. The van der Waals surface area contributed by atoms with Gasteiger partial charge in [-0.25, -0.2) is 0 Å². The van der Waals surface area contributed by atoms with Gasteiger partial charge in [0.15, 0.2) is 18.1 Å². The number of primary amides is 1. The minimum Gasteiger partial charge on any atom is -0.493 e. The van der Waals surface area contributed by atoms with Gasteiger partial charge in [-0.1, -0.05) is 52.0 Å². The van der Waals surface area contributed by atoms with Crippen molar-refractivity contribution in [3.05, 3.63) is 59.2 Å². The molecule has 2 amide bonds. The first kappa shape index (κ1) is 23.0. The second kappa shape index (κ2) is 10.5. The van der Waals surface area contributed by atoms with E-state index in [9.17, 15) is 9.59 Å². The second-order valence-corrected chi connectivity index (χ2v) is 7.61. The summed E-state index contributed by atoms with van der Waals surface area (Å²) in [4.78, 5) is 23.5. The van der Waals surface area contributed by atoms with E-state index >= 15 is 0 Å². The van der Waals surface area contributed by atoms with Gasteiger partial charge >= 0.3 is 0 Å². The highest BCUT2D eigenvalue weighted by Gasteiger charge is 2.15. The largest absolute Gasteiger partial charge is 0.493 e. The van der Waals surface area contributed by atoms with Gasteiger partial charge in [0.1, 0.15) is 0 Å². The van der Waals surface area contributed by atoms with Crippen molar-refractivity contribution in [1.82, 2.24) is 0 Å². The number of carbonyl (C=O) groups excluding carboxylic acids is 2. The van der Waals surface area contributed by atoms with Gasteiger partial charge in [-0.3, -0.25) is 9.59 Å². The third-order valence-electron chi connectivity index (χ3n) is 4.61. The molecule has 0 fully saturated rings. The molecular weight excluding hydrogens is 380 g/mol. The zero-order valence-corrected chi connectivity index (χ0v) is 18.2. The van der Waals surface area contributed by atoms with E-state index in [1.807, 2.05) is 18.2 Å². The Morgan fingerprint density at radius 1 is 1.03 bits per heavy atom. The lowest BCUT2D eigenvalue weighted by Crippen LogP contribution is -2.20. The summed E-state index contributed by atoms with van der Waals surface area (Å²) >= 11 is 0. The Morgan fingerprint density at radius 3 is 2.20 bits per heavy atom. The van der Waals surface area contributed by atoms with Crippen molar-refractivity contribution < 1.29 is 19.1 Å². The van der Waals surface area contributed by atoms with Crippen LogP contribution in [0.15, 0.2) is 42.5 Å². The monoisotopic (exact) mass is 410 g/mol. The molecule has 6 heteroatoms. The lowest BCUT2D eigenvalue weighted by molar-refractivity contribution is -0.120. The summed E-state index contributed by atoms with van der Waals surface area (Å²) in [7, 11) is 1.50. The number of hydrogen-bond donors (Lipinski definition) is 2. The molecule has 2 aromatic rings. The molecule has 0 saturated heterocycles. The summed E-state index contributed by atoms with van der Waals surface area (Å²) in [5.41, 5.74) is 8.97. The van der Waals surface area contributed by atoms with Gasteiger partial charge in [-0.05, 0) is 46.7 Å². The lowest BCUT2D eigenvalue weighted by atomic mass is 9.92. The number of ether oxygens (including phenoxy) is 2. The Labute approximate surface area is 178 Å². The Bertz CT molecular complexity index is 907. The molecule has 2 aromatic carbocycles. The van der Waals surface area contributed by atoms with Gasteiger partial charge in [0, 0.05) is 11.8 Å². The smallest absolute Gasteiger partial charge is 0.255 e. The first-order valence-electron chi connectivity index (χ1n) is 9.94. The molecule has 0 aliphatic heterocycles. The average molecular weight is 411 g/mol. The van der Waals surface area contributed by atoms with E-state index in [-0.39, 0.29) is 12.5 Å². The summed E-state index contributed by atoms with van der Waals surface area (Å²) in [6.45, 7) is 8.21. The van der Waals surface area contributed by atoms with Crippen molar-refractivity contribution in [2.45, 2.75) is 39.5 Å². The van der Waals surface area contributed by atoms with Crippen molar-refractivity contribution >= 4 is 23.6 Å². The predicted octanol–water partition coefficient (Wildman–Crippen LogP) is 4.46. The van der Waals surface area contributed by atoms with Gasteiger partial charge in [-0.2, -0.15) is 0 Å². The second-order valence-electron chi connectivity index (χ2n) is 7.61. The minimum atomic E-state index is -0.569. The summed E-state index contributed by atoms with van der Waals surface area (Å²) in [5.74, 6) is 0.662. The number of amides is 2. The number of para-hydroxylation sites is 1. The molecule has 0 atom stereocenters. The molecule has 0 spiro atoms.